The van der Waals surface area contributed by atoms with Gasteiger partial charge in [0.25, 0.3) is 0 Å². The van der Waals surface area contributed by atoms with Crippen molar-refractivity contribution in [1.29, 1.82) is 0 Å². The number of benzene rings is 1. The maximum Gasteiger partial charge on any atom is 0.249 e. The number of carbonyl (C=O) groups is 1. The molecule has 2 aliphatic heterocycles. The second-order valence-electron chi connectivity index (χ2n) is 6.90. The largest absolute Gasteiger partial charge is 0.368 e. The third kappa shape index (κ3) is 3.76. The van der Waals surface area contributed by atoms with E-state index in [0.717, 1.165) is 5.56 Å². The SMILES string of the molecule is C=C(Cc1ccccc1)C(=O)N(CC1(C)CO1)CC1(C)CO1. The van der Waals surface area contributed by atoms with E-state index in [1.54, 1.807) is 0 Å². The van der Waals surface area contributed by atoms with Crippen molar-refractivity contribution < 1.29 is 14.3 Å². The molecule has 2 heterocycles. The second-order valence-corrected chi connectivity index (χ2v) is 6.90. The van der Waals surface area contributed by atoms with Crippen molar-refractivity contribution in [3.05, 3.63) is 48.0 Å². The lowest BCUT2D eigenvalue weighted by Gasteiger charge is -2.27. The fourth-order valence-electron chi connectivity index (χ4n) is 2.58. The van der Waals surface area contributed by atoms with Gasteiger partial charge in [0, 0.05) is 12.0 Å². The van der Waals surface area contributed by atoms with Crippen LogP contribution < -0.4 is 0 Å². The van der Waals surface area contributed by atoms with Gasteiger partial charge in [0.1, 0.15) is 11.2 Å². The summed E-state index contributed by atoms with van der Waals surface area (Å²) in [5.74, 6) is -0.00250. The molecule has 1 aromatic carbocycles. The third-order valence-electron chi connectivity index (χ3n) is 4.17. The molecule has 2 saturated heterocycles. The lowest BCUT2D eigenvalue weighted by molar-refractivity contribution is -0.128. The lowest BCUT2D eigenvalue weighted by Crippen LogP contribution is -2.43. The average Bonchev–Trinajstić information content (AvgIpc) is 3.39. The fraction of sp³-hybridized carbons (Fsp3) is 0.500. The van der Waals surface area contributed by atoms with Crippen LogP contribution >= 0.6 is 0 Å². The first kappa shape index (κ1) is 15.3. The molecule has 2 atom stereocenters. The Morgan fingerprint density at radius 2 is 1.64 bits per heavy atom. The highest BCUT2D eigenvalue weighted by Gasteiger charge is 2.47. The minimum atomic E-state index is -0.200. The Balaban J connectivity index is 1.66. The summed E-state index contributed by atoms with van der Waals surface area (Å²) in [5.41, 5.74) is 1.31. The van der Waals surface area contributed by atoms with Gasteiger partial charge in [-0.15, -0.1) is 0 Å². The number of hydrogen-bond donors (Lipinski definition) is 0. The topological polar surface area (TPSA) is 45.4 Å². The van der Waals surface area contributed by atoms with Crippen LogP contribution in [0.3, 0.4) is 0 Å². The Morgan fingerprint density at radius 3 is 2.09 bits per heavy atom. The van der Waals surface area contributed by atoms with Crippen LogP contribution in [0.4, 0.5) is 0 Å². The molecule has 0 bridgehead atoms. The van der Waals surface area contributed by atoms with Gasteiger partial charge in [0.05, 0.1) is 26.3 Å². The second kappa shape index (κ2) is 5.52. The molecule has 22 heavy (non-hydrogen) atoms. The van der Waals surface area contributed by atoms with Crippen molar-refractivity contribution in [2.75, 3.05) is 26.3 Å². The molecular formula is C18H23NO3. The van der Waals surface area contributed by atoms with Gasteiger partial charge < -0.3 is 14.4 Å². The Bertz CT molecular complexity index is 553. The highest BCUT2D eigenvalue weighted by Crippen LogP contribution is 2.32. The van der Waals surface area contributed by atoms with Crippen LogP contribution in [0.2, 0.25) is 0 Å². The number of rotatable bonds is 7. The van der Waals surface area contributed by atoms with Gasteiger partial charge in [-0.25, -0.2) is 0 Å². The Hall–Kier alpha value is -1.65. The molecule has 2 unspecified atom stereocenters. The van der Waals surface area contributed by atoms with E-state index in [4.69, 9.17) is 9.47 Å². The van der Waals surface area contributed by atoms with Crippen molar-refractivity contribution in [2.24, 2.45) is 0 Å². The van der Waals surface area contributed by atoms with Crippen molar-refractivity contribution in [3.63, 3.8) is 0 Å². The van der Waals surface area contributed by atoms with Crippen LogP contribution in [0.25, 0.3) is 0 Å². The third-order valence-corrected chi connectivity index (χ3v) is 4.17. The van der Waals surface area contributed by atoms with E-state index in [1.807, 2.05) is 49.1 Å². The molecule has 0 radical (unpaired) electrons. The zero-order valence-electron chi connectivity index (χ0n) is 13.3. The number of carbonyl (C=O) groups excluding carboxylic acids is 1. The minimum absolute atomic E-state index is 0.00250. The molecular weight excluding hydrogens is 278 g/mol. The number of nitrogens with zero attached hydrogens (tertiary/aromatic N) is 1. The molecule has 0 aliphatic carbocycles. The van der Waals surface area contributed by atoms with E-state index < -0.39 is 0 Å². The van der Waals surface area contributed by atoms with Crippen LogP contribution in [-0.4, -0.2) is 48.3 Å². The molecule has 4 nitrogen and oxygen atoms in total. The molecule has 4 heteroatoms. The smallest absolute Gasteiger partial charge is 0.249 e. The van der Waals surface area contributed by atoms with Crippen LogP contribution in [0, 0.1) is 0 Å². The van der Waals surface area contributed by atoms with Gasteiger partial charge >= 0.3 is 0 Å². The van der Waals surface area contributed by atoms with E-state index in [-0.39, 0.29) is 17.1 Å². The number of epoxide rings is 2. The van der Waals surface area contributed by atoms with Crippen molar-refractivity contribution in [3.8, 4) is 0 Å². The quantitative estimate of drug-likeness (QED) is 0.573. The molecule has 1 amide bonds. The zero-order valence-corrected chi connectivity index (χ0v) is 13.3. The average molecular weight is 301 g/mol. The molecule has 118 valence electrons. The summed E-state index contributed by atoms with van der Waals surface area (Å²) in [6.07, 6.45) is 0.575. The Morgan fingerprint density at radius 1 is 1.14 bits per heavy atom. The number of ether oxygens (including phenoxy) is 2. The van der Waals surface area contributed by atoms with Crippen molar-refractivity contribution in [2.45, 2.75) is 31.5 Å². The molecule has 3 rings (SSSR count). The summed E-state index contributed by atoms with van der Waals surface area (Å²) in [6, 6.07) is 9.95. The molecule has 2 fully saturated rings. The van der Waals surface area contributed by atoms with Gasteiger partial charge in [-0.2, -0.15) is 0 Å². The van der Waals surface area contributed by atoms with Crippen LogP contribution in [0.1, 0.15) is 19.4 Å². The molecule has 0 saturated carbocycles. The molecule has 0 N–H and O–H groups in total. The van der Waals surface area contributed by atoms with E-state index in [0.29, 0.717) is 38.3 Å². The van der Waals surface area contributed by atoms with Crippen LogP contribution in [0.5, 0.6) is 0 Å². The summed E-state index contributed by atoms with van der Waals surface area (Å²) in [5, 5.41) is 0. The van der Waals surface area contributed by atoms with Gasteiger partial charge in [0.15, 0.2) is 0 Å². The summed E-state index contributed by atoms with van der Waals surface area (Å²) in [7, 11) is 0. The van der Waals surface area contributed by atoms with Gasteiger partial charge in [-0.1, -0.05) is 36.9 Å². The maximum atomic E-state index is 12.8. The molecule has 0 spiro atoms. The van der Waals surface area contributed by atoms with E-state index in [9.17, 15) is 4.79 Å². The standard InChI is InChI=1S/C18H23NO3/c1-14(9-15-7-5-4-6-8-15)16(20)19(10-17(2)12-21-17)11-18(3)13-22-18/h4-8H,1,9-13H2,2-3H3. The number of amides is 1. The van der Waals surface area contributed by atoms with Crippen LogP contribution in [-0.2, 0) is 20.7 Å². The highest BCUT2D eigenvalue weighted by molar-refractivity contribution is 5.93. The lowest BCUT2D eigenvalue weighted by atomic mass is 10.0. The summed E-state index contributed by atoms with van der Waals surface area (Å²) in [4.78, 5) is 14.6. The summed E-state index contributed by atoms with van der Waals surface area (Å²) < 4.78 is 10.9. The Labute approximate surface area is 131 Å². The van der Waals surface area contributed by atoms with Gasteiger partial charge in [-0.05, 0) is 19.4 Å². The first-order valence-corrected chi connectivity index (χ1v) is 7.68. The highest BCUT2D eigenvalue weighted by atomic mass is 16.6. The first-order valence-electron chi connectivity index (χ1n) is 7.68. The Kier molecular flexibility index (Phi) is 3.83. The normalized spacial score (nSPS) is 29.0. The molecule has 1 aromatic rings. The molecule has 0 aromatic heterocycles. The van der Waals surface area contributed by atoms with Crippen molar-refractivity contribution >= 4 is 5.91 Å². The summed E-state index contributed by atoms with van der Waals surface area (Å²) >= 11 is 0. The first-order chi connectivity index (χ1) is 10.4. The van der Waals surface area contributed by atoms with Crippen LogP contribution in [0.15, 0.2) is 42.5 Å². The molecule has 2 aliphatic rings. The van der Waals surface area contributed by atoms with Gasteiger partial charge in [0.2, 0.25) is 5.91 Å². The predicted molar refractivity (Wildman–Crippen MR) is 84.6 cm³/mol. The minimum Gasteiger partial charge on any atom is -0.368 e. The number of hydrogen-bond acceptors (Lipinski definition) is 3. The zero-order chi connectivity index (χ0) is 15.8. The summed E-state index contributed by atoms with van der Waals surface area (Å²) in [6.45, 7) is 10.7. The predicted octanol–water partition coefficient (Wildman–Crippen LogP) is 2.19. The monoisotopic (exact) mass is 301 g/mol. The van der Waals surface area contributed by atoms with Gasteiger partial charge in [-0.3, -0.25) is 4.79 Å². The van der Waals surface area contributed by atoms with E-state index >= 15 is 0 Å². The van der Waals surface area contributed by atoms with Crippen molar-refractivity contribution in [1.82, 2.24) is 4.90 Å². The van der Waals surface area contributed by atoms with E-state index in [1.165, 1.54) is 0 Å². The maximum absolute atomic E-state index is 12.8. The fourth-order valence-corrected chi connectivity index (χ4v) is 2.58. The van der Waals surface area contributed by atoms with E-state index in [2.05, 4.69) is 6.58 Å².